The molecule has 3 heterocycles. The normalized spacial score (nSPS) is 23.1. The van der Waals surface area contributed by atoms with Crippen molar-refractivity contribution >= 4 is 20.0 Å². The minimum absolute atomic E-state index is 0.141. The Kier molecular flexibility index (Phi) is 9.36. The van der Waals surface area contributed by atoms with Gasteiger partial charge in [-0.2, -0.15) is 10.2 Å². The molecule has 0 aliphatic carbocycles. The van der Waals surface area contributed by atoms with Crippen LogP contribution >= 0.6 is 8.53 Å². The molecule has 38 heavy (non-hydrogen) atoms. The van der Waals surface area contributed by atoms with Gasteiger partial charge in [0.1, 0.15) is 12.2 Å². The summed E-state index contributed by atoms with van der Waals surface area (Å²) in [4.78, 5) is 17.4. The summed E-state index contributed by atoms with van der Waals surface area (Å²) in [6.45, 7) is 10.6. The van der Waals surface area contributed by atoms with Crippen molar-refractivity contribution in [2.45, 2.75) is 84.1 Å². The molecular formula is C26H36N5O6P. The van der Waals surface area contributed by atoms with E-state index < -0.39 is 32.7 Å². The minimum atomic E-state index is -1.54. The molecule has 206 valence electrons. The zero-order chi connectivity index (χ0) is 27.4. The number of nitrogens with one attached hydrogen (secondary N) is 1. The molecule has 1 N–H and O–H groups in total. The van der Waals surface area contributed by atoms with Gasteiger partial charge in [-0.05, 0) is 46.2 Å². The Balaban J connectivity index is 1.63. The van der Waals surface area contributed by atoms with Crippen LogP contribution in [0.4, 0.5) is 11.5 Å². The topological polar surface area (TPSA) is 120 Å². The van der Waals surface area contributed by atoms with E-state index in [0.717, 1.165) is 5.69 Å². The molecule has 5 atom stereocenters. The number of para-hydroxylation sites is 2. The van der Waals surface area contributed by atoms with Crippen molar-refractivity contribution in [3.8, 4) is 17.6 Å². The van der Waals surface area contributed by atoms with Crippen LogP contribution in [0.2, 0.25) is 0 Å². The van der Waals surface area contributed by atoms with Crippen LogP contribution in [0.5, 0.6) is 11.5 Å². The molecule has 11 nitrogen and oxygen atoms in total. The maximum absolute atomic E-state index is 13.2. The van der Waals surface area contributed by atoms with Crippen LogP contribution in [0.3, 0.4) is 0 Å². The van der Waals surface area contributed by atoms with Crippen molar-refractivity contribution in [1.82, 2.24) is 14.2 Å². The lowest BCUT2D eigenvalue weighted by Gasteiger charge is -2.38. The number of nitrogens with zero attached hydrogens (tertiary/aromatic N) is 4. The first-order chi connectivity index (χ1) is 18.3. The van der Waals surface area contributed by atoms with Crippen molar-refractivity contribution < 1.29 is 23.3 Å². The van der Waals surface area contributed by atoms with Crippen LogP contribution in [0, 0.1) is 11.3 Å². The predicted octanol–water partition coefficient (Wildman–Crippen LogP) is 5.08. The quantitative estimate of drug-likeness (QED) is 0.258. The molecule has 1 saturated heterocycles. The summed E-state index contributed by atoms with van der Waals surface area (Å²) in [5.41, 5.74) is 0.237. The van der Waals surface area contributed by atoms with Gasteiger partial charge in [-0.15, -0.1) is 0 Å². The van der Waals surface area contributed by atoms with Crippen molar-refractivity contribution in [2.75, 3.05) is 19.0 Å². The fraction of sp³-hybridized carbons (Fsp3) is 0.577. The number of rotatable bonds is 11. The van der Waals surface area contributed by atoms with Crippen LogP contribution in [0.25, 0.3) is 0 Å². The van der Waals surface area contributed by atoms with E-state index in [2.05, 4.69) is 48.7 Å². The molecule has 1 fully saturated rings. The number of hydrogen-bond acceptors (Lipinski definition) is 10. The van der Waals surface area contributed by atoms with E-state index in [4.69, 9.17) is 28.5 Å². The summed E-state index contributed by atoms with van der Waals surface area (Å²) in [5, 5.41) is 12.2. The number of fused-ring (bicyclic) bond motifs is 2. The first-order valence-electron chi connectivity index (χ1n) is 12.9. The summed E-state index contributed by atoms with van der Waals surface area (Å²) in [7, 11) is 0.0331. The molecule has 0 amide bonds. The molecule has 2 unspecified atom stereocenters. The fourth-order valence-corrected chi connectivity index (χ4v) is 6.51. The number of ether oxygens (including phenoxy) is 3. The summed E-state index contributed by atoms with van der Waals surface area (Å²) >= 11 is 0. The third-order valence-corrected chi connectivity index (χ3v) is 8.51. The molecule has 0 spiro atoms. The Hall–Kier alpha value is -2.58. The number of methoxy groups -OCH3 is 1. The van der Waals surface area contributed by atoms with Crippen molar-refractivity contribution in [3.05, 3.63) is 40.9 Å². The molecule has 2 aromatic rings. The lowest BCUT2D eigenvalue weighted by molar-refractivity contribution is -0.0541. The van der Waals surface area contributed by atoms with Gasteiger partial charge < -0.3 is 28.6 Å². The second-order valence-electron chi connectivity index (χ2n) is 9.66. The predicted molar refractivity (Wildman–Crippen MR) is 143 cm³/mol. The molecule has 2 aliphatic heterocycles. The Morgan fingerprint density at radius 1 is 1.21 bits per heavy atom. The van der Waals surface area contributed by atoms with Gasteiger partial charge in [0.2, 0.25) is 0 Å². The number of benzene rings is 1. The van der Waals surface area contributed by atoms with Gasteiger partial charge in [0.05, 0.1) is 37.1 Å². The summed E-state index contributed by atoms with van der Waals surface area (Å²) in [5.74, 6) is 1.39. The molecule has 2 aliphatic rings. The Bertz CT molecular complexity index is 1190. The molecule has 12 heteroatoms. The van der Waals surface area contributed by atoms with Crippen molar-refractivity contribution in [3.63, 3.8) is 0 Å². The lowest BCUT2D eigenvalue weighted by atomic mass is 10.1. The standard InChI is InChI=1S/C26H36N5O6P/c1-7-19-22(37-38(34-14-10-13-27)31(16(2)3)17(4)5)23(33-6)25(36-19)30-15-21-24(29-26(30)32)28-18-11-8-9-12-20(18)35-21/h8-9,11-12,15-17,19,22-23,25H,7,10,14H2,1-6H3,(H,28,29,32)/t19-,22?,23+,25-,38?/m1/s1. The van der Waals surface area contributed by atoms with Gasteiger partial charge in [-0.25, -0.2) is 9.46 Å². The molecule has 1 aromatic carbocycles. The van der Waals surface area contributed by atoms with Crippen molar-refractivity contribution in [2.24, 2.45) is 0 Å². The number of aromatic nitrogens is 2. The van der Waals surface area contributed by atoms with Gasteiger partial charge in [-0.3, -0.25) is 4.57 Å². The van der Waals surface area contributed by atoms with E-state index in [9.17, 15) is 4.79 Å². The zero-order valence-corrected chi connectivity index (χ0v) is 23.6. The molecular weight excluding hydrogens is 509 g/mol. The molecule has 0 saturated carbocycles. The Morgan fingerprint density at radius 2 is 1.95 bits per heavy atom. The molecule has 0 radical (unpaired) electrons. The van der Waals surface area contributed by atoms with E-state index in [1.54, 1.807) is 13.3 Å². The summed E-state index contributed by atoms with van der Waals surface area (Å²) in [6.07, 6.45) is 0.193. The van der Waals surface area contributed by atoms with E-state index in [1.807, 2.05) is 31.2 Å². The highest BCUT2D eigenvalue weighted by atomic mass is 31.2. The average molecular weight is 546 g/mol. The van der Waals surface area contributed by atoms with Crippen LogP contribution in [0.15, 0.2) is 35.3 Å². The average Bonchev–Trinajstić information content (AvgIpc) is 3.23. The van der Waals surface area contributed by atoms with Gasteiger partial charge in [0.15, 0.2) is 23.5 Å². The highest BCUT2D eigenvalue weighted by molar-refractivity contribution is 7.44. The number of hydrogen-bond donors (Lipinski definition) is 1. The maximum atomic E-state index is 13.2. The van der Waals surface area contributed by atoms with E-state index >= 15 is 0 Å². The van der Waals surface area contributed by atoms with E-state index in [1.165, 1.54) is 4.57 Å². The SMILES string of the molecule is CC[C@H]1O[C@@H](n2cc3c(nc2=O)Nc2ccccc2O3)[C@@H](OC)C1OP(OCCC#N)N(C(C)C)C(C)C. The zero-order valence-electron chi connectivity index (χ0n) is 22.7. The maximum Gasteiger partial charge on any atom is 0.351 e. The first kappa shape index (κ1) is 28.4. The highest BCUT2D eigenvalue weighted by Crippen LogP contribution is 2.51. The largest absolute Gasteiger partial charge is 0.450 e. The second-order valence-corrected chi connectivity index (χ2v) is 11.1. The van der Waals surface area contributed by atoms with Gasteiger partial charge >= 0.3 is 5.69 Å². The molecule has 4 rings (SSSR count). The summed E-state index contributed by atoms with van der Waals surface area (Å²) in [6, 6.07) is 9.85. The highest BCUT2D eigenvalue weighted by Gasteiger charge is 2.49. The number of anilines is 2. The van der Waals surface area contributed by atoms with Gasteiger partial charge in [0.25, 0.3) is 8.53 Å². The third-order valence-electron chi connectivity index (χ3n) is 6.39. The monoisotopic (exact) mass is 545 g/mol. The number of nitriles is 1. The van der Waals surface area contributed by atoms with Gasteiger partial charge in [0, 0.05) is 19.2 Å². The first-order valence-corrected chi connectivity index (χ1v) is 14.0. The molecule has 1 aromatic heterocycles. The van der Waals surface area contributed by atoms with Gasteiger partial charge in [-0.1, -0.05) is 19.1 Å². The van der Waals surface area contributed by atoms with Crippen LogP contribution in [-0.4, -0.2) is 58.3 Å². The Morgan fingerprint density at radius 3 is 2.61 bits per heavy atom. The smallest absolute Gasteiger partial charge is 0.351 e. The van der Waals surface area contributed by atoms with E-state index in [-0.39, 0.29) is 31.2 Å². The van der Waals surface area contributed by atoms with Crippen LogP contribution in [-0.2, 0) is 18.5 Å². The van der Waals surface area contributed by atoms with Crippen molar-refractivity contribution in [1.29, 1.82) is 5.26 Å². The molecule has 0 bridgehead atoms. The van der Waals surface area contributed by atoms with Crippen LogP contribution < -0.4 is 15.7 Å². The minimum Gasteiger partial charge on any atom is -0.450 e. The second kappa shape index (κ2) is 12.5. The fourth-order valence-electron chi connectivity index (χ4n) is 4.74. The third kappa shape index (κ3) is 5.86. The lowest BCUT2D eigenvalue weighted by Crippen LogP contribution is -2.40. The summed E-state index contributed by atoms with van der Waals surface area (Å²) < 4.78 is 34.6. The Labute approximate surface area is 224 Å². The van der Waals surface area contributed by atoms with Crippen LogP contribution in [0.1, 0.15) is 53.7 Å². The van der Waals surface area contributed by atoms with E-state index in [0.29, 0.717) is 23.7 Å².